The normalized spacial score (nSPS) is 15.1. The predicted octanol–water partition coefficient (Wildman–Crippen LogP) is 7.28. The van der Waals surface area contributed by atoms with Crippen molar-refractivity contribution in [1.82, 2.24) is 5.32 Å². The standard InChI is InChI=1S/C21H23ClFNO5.C15H22ClNO2.C14H13NO7S.C3H8NO5P.C3H9S/c1-2-3-6-9-28-19(25)12-29-18-11-17(16(23)10-15(18)22)24-20(26)13-7-4-5-8-14(13)21(24)27;1-5-13-8-6-7-11(2)15(13)17(14(18)9-16)12(3)10-19-4;1-23(21,22)8-5-6-9(10(7-8)15(19)20)14(18)13-11(16)3-2-4-12(13)17;5-3(6)1-4-2-10(7,8)9;1-4(2)3/h10-11H,2-9,12H2,1H3;6-8,12H,5,9-10H2,1-4H3;5-7,13H,2-4H2,1H3;4H,1-2H2,(H,5,6)(H2,7,8,9);1-3H3/q;;;;+1/p-1. The van der Waals surface area contributed by atoms with E-state index in [1.54, 1.807) is 12.0 Å². The quantitative estimate of drug-likeness (QED) is 0.00850. The highest BCUT2D eigenvalue weighted by Crippen LogP contribution is 2.40. The van der Waals surface area contributed by atoms with Crippen LogP contribution in [0.15, 0.2) is 64.6 Å². The van der Waals surface area contributed by atoms with E-state index in [1.165, 1.54) is 6.07 Å². The lowest BCUT2D eigenvalue weighted by atomic mass is 9.81. The van der Waals surface area contributed by atoms with Gasteiger partial charge in [0, 0.05) is 49.5 Å². The van der Waals surface area contributed by atoms with Crippen molar-refractivity contribution in [3.8, 4) is 5.75 Å². The fourth-order valence-corrected chi connectivity index (χ4v) is 9.92. The highest BCUT2D eigenvalue weighted by molar-refractivity contribution is 7.94. The smallest absolute Gasteiger partial charge is 0.344 e. The molecule has 29 heteroatoms. The number of imide groups is 1. The number of unbranched alkanes of at least 4 members (excludes halogenated alkanes) is 2. The van der Waals surface area contributed by atoms with Crippen molar-refractivity contribution >= 4 is 116 Å². The first-order valence-electron chi connectivity index (χ1n) is 26.6. The van der Waals surface area contributed by atoms with Crippen LogP contribution in [-0.4, -0.2) is 147 Å². The molecule has 2 unspecified atom stereocenters. The molecule has 6 rings (SSSR count). The fraction of sp³-hybridized carbons (Fsp3) is 0.500. The van der Waals surface area contributed by atoms with E-state index in [2.05, 4.69) is 31.8 Å². The Hall–Kier alpha value is -5.96. The van der Waals surface area contributed by atoms with Crippen molar-refractivity contribution < 1.29 is 89.8 Å². The van der Waals surface area contributed by atoms with Gasteiger partial charge in [0.2, 0.25) is 5.91 Å². The number of rotatable bonds is 22. The minimum Gasteiger partial charge on any atom is -0.778 e. The van der Waals surface area contributed by atoms with E-state index in [-0.39, 0.29) is 52.0 Å². The van der Waals surface area contributed by atoms with Gasteiger partial charge in [-0.15, -0.1) is 11.6 Å². The Bertz CT molecular complexity index is 3060. The zero-order valence-corrected chi connectivity index (χ0v) is 52.9. The van der Waals surface area contributed by atoms with Gasteiger partial charge in [0.15, 0.2) is 33.8 Å². The van der Waals surface area contributed by atoms with Crippen molar-refractivity contribution in [2.24, 2.45) is 5.92 Å². The van der Waals surface area contributed by atoms with E-state index in [4.69, 9.17) is 47.4 Å². The molecule has 85 heavy (non-hydrogen) atoms. The number of carboxylic acids is 1. The minimum absolute atomic E-state index is 0.000883. The van der Waals surface area contributed by atoms with Crippen LogP contribution in [0.4, 0.5) is 21.5 Å². The Morgan fingerprint density at radius 2 is 1.55 bits per heavy atom. The number of alkyl halides is 1. The molecule has 3 aliphatic rings. The molecule has 2 aliphatic carbocycles. The number of benzene rings is 3. The van der Waals surface area contributed by atoms with E-state index in [9.17, 15) is 70.7 Å². The second kappa shape index (κ2) is 36.2. The van der Waals surface area contributed by atoms with Crippen LogP contribution in [0, 0.1) is 28.8 Å². The molecule has 1 heterocycles. The summed E-state index contributed by atoms with van der Waals surface area (Å²) in [7, 11) is -5.77. The lowest BCUT2D eigenvalue weighted by Crippen LogP contribution is -2.43. The number of hydrogen-bond acceptors (Lipinski definition) is 18. The first kappa shape index (κ1) is 75.1. The summed E-state index contributed by atoms with van der Waals surface area (Å²) in [5.41, 5.74) is 2.72. The van der Waals surface area contributed by atoms with Crippen LogP contribution in [0.5, 0.6) is 5.75 Å². The number of carbonyl (C=O) groups excluding carboxylic acids is 7. The van der Waals surface area contributed by atoms with E-state index in [0.717, 1.165) is 90.8 Å². The van der Waals surface area contributed by atoms with Crippen molar-refractivity contribution in [2.45, 2.75) is 109 Å². The predicted molar refractivity (Wildman–Crippen MR) is 319 cm³/mol. The number of nitrogens with zero attached hydrogens (tertiary/aromatic N) is 3. The summed E-state index contributed by atoms with van der Waals surface area (Å²) in [6.07, 6.45) is 13.5. The molecular weight excluding hydrogens is 1220 g/mol. The summed E-state index contributed by atoms with van der Waals surface area (Å²) in [5, 5.41) is 21.0. The van der Waals surface area contributed by atoms with Gasteiger partial charge in [-0.25, -0.2) is 22.5 Å². The van der Waals surface area contributed by atoms with Gasteiger partial charge < -0.3 is 38.6 Å². The number of hydrogen-bond donors (Lipinski definition) is 3. The van der Waals surface area contributed by atoms with Gasteiger partial charge >= 0.3 is 11.9 Å². The number of anilines is 2. The molecular formula is C56H74Cl2FN4O19PS2. The van der Waals surface area contributed by atoms with E-state index in [1.807, 2.05) is 38.2 Å². The Morgan fingerprint density at radius 1 is 0.965 bits per heavy atom. The third-order valence-corrected chi connectivity index (χ3v) is 14.6. The second-order valence-corrected chi connectivity index (χ2v) is 26.6. The monoisotopic (exact) mass is 1290 g/mol. The zero-order chi connectivity index (χ0) is 64.5. The average Bonchev–Trinajstić information content (AvgIpc) is 1.86. The van der Waals surface area contributed by atoms with Gasteiger partial charge in [-0.3, -0.25) is 49.0 Å². The number of para-hydroxylation sites is 1. The molecule has 0 saturated heterocycles. The Labute approximate surface area is 506 Å². The van der Waals surface area contributed by atoms with Crippen LogP contribution in [0.1, 0.15) is 106 Å². The van der Waals surface area contributed by atoms with Gasteiger partial charge in [-0.2, -0.15) is 0 Å². The lowest BCUT2D eigenvalue weighted by molar-refractivity contribution is -0.385. The molecule has 0 spiro atoms. The molecule has 1 fully saturated rings. The highest BCUT2D eigenvalue weighted by atomic mass is 35.5. The number of nitro benzene ring substituents is 1. The number of ether oxygens (including phenoxy) is 3. The summed E-state index contributed by atoms with van der Waals surface area (Å²) in [6, 6.07) is 11.0. The summed E-state index contributed by atoms with van der Waals surface area (Å²) < 4.78 is 63.0. The minimum atomic E-state index is -4.35. The number of aliphatic carboxylic acids is 1. The molecule has 3 aromatic rings. The molecule has 0 bridgehead atoms. The van der Waals surface area contributed by atoms with Gasteiger partial charge in [-0.05, 0) is 99.0 Å². The maximum atomic E-state index is 14.5. The Balaban J connectivity index is 0.000000397. The van der Waals surface area contributed by atoms with Gasteiger partial charge in [0.1, 0.15) is 31.0 Å². The molecule has 0 aromatic heterocycles. The number of nitro groups is 1. The maximum absolute atomic E-state index is 14.5. The number of nitrogens with one attached hydrogen (secondary N) is 1. The van der Waals surface area contributed by atoms with Crippen molar-refractivity contribution in [3.63, 3.8) is 0 Å². The number of Topliss-reactive ketones (excluding diaryl/α,β-unsaturated/α-hetero) is 3. The molecule has 3 aromatic carbocycles. The highest BCUT2D eigenvalue weighted by Gasteiger charge is 2.42. The summed E-state index contributed by atoms with van der Waals surface area (Å²) in [6.45, 7) is 8.01. The topological polar surface area (TPSA) is 341 Å². The number of amides is 3. The van der Waals surface area contributed by atoms with Gasteiger partial charge in [0.25, 0.3) is 17.5 Å². The van der Waals surface area contributed by atoms with Gasteiger partial charge in [-0.1, -0.05) is 56.5 Å². The number of aryl methyl sites for hydroxylation is 2. The summed E-state index contributed by atoms with van der Waals surface area (Å²) in [5.74, 6) is -7.30. The number of carboxylic acid groups (broad SMARTS) is 1. The van der Waals surface area contributed by atoms with Crippen LogP contribution in [0.3, 0.4) is 0 Å². The largest absolute Gasteiger partial charge is 0.778 e. The number of carbonyl (C=O) groups is 8. The summed E-state index contributed by atoms with van der Waals surface area (Å²) >= 11 is 11.8. The third-order valence-electron chi connectivity index (χ3n) is 12.4. The first-order chi connectivity index (χ1) is 39.8. The third kappa shape index (κ3) is 24.0. The van der Waals surface area contributed by atoms with E-state index in [0.29, 0.717) is 54.5 Å². The lowest BCUT2D eigenvalue weighted by Gasteiger charge is -2.31. The van der Waals surface area contributed by atoms with Gasteiger partial charge in [0.05, 0.1) is 82.6 Å². The molecule has 1 saturated carbocycles. The van der Waals surface area contributed by atoms with E-state index >= 15 is 0 Å². The Kier molecular flexibility index (Phi) is 32.0. The van der Waals surface area contributed by atoms with Crippen LogP contribution < -0.4 is 24.7 Å². The average molecular weight is 1290 g/mol. The molecule has 23 nitrogen and oxygen atoms in total. The van der Waals surface area contributed by atoms with Crippen molar-refractivity contribution in [1.29, 1.82) is 0 Å². The summed E-state index contributed by atoms with van der Waals surface area (Å²) in [4.78, 5) is 126. The van der Waals surface area contributed by atoms with Crippen LogP contribution >= 0.6 is 30.8 Å². The maximum Gasteiger partial charge on any atom is 0.344 e. The SMILES string of the molecule is CCCCCOC(=O)COc1cc(N2C(=O)C3=C(CCCC3)C2=O)c(F)cc1Cl.CCc1cccc(C)c1N(C(=O)CCl)C(C)COC.CS(=O)(=O)c1ccc(C(=O)C2C(=O)CCCC2=O)c([N+](=O)[O-])c1.C[S+](C)C.O=C(O)CNCP(=O)([O-])O. The van der Waals surface area contributed by atoms with E-state index < -0.39 is 106 Å². The second-order valence-electron chi connectivity index (χ2n) is 19.8. The fourth-order valence-electron chi connectivity index (χ4n) is 8.55. The first-order valence-corrected chi connectivity index (χ1v) is 33.7. The molecule has 470 valence electrons. The van der Waals surface area contributed by atoms with Crippen molar-refractivity contribution in [2.75, 3.05) is 80.5 Å². The van der Waals surface area contributed by atoms with Crippen LogP contribution in [0.2, 0.25) is 5.02 Å². The number of methoxy groups -OCH3 is 1. The molecule has 1 aliphatic heterocycles. The van der Waals surface area contributed by atoms with Crippen LogP contribution in [-0.2, 0) is 74.8 Å². The number of ketones is 3. The molecule has 3 N–H and O–H groups in total. The number of esters is 1. The molecule has 3 amide bonds. The van der Waals surface area contributed by atoms with Crippen molar-refractivity contribution in [3.05, 3.63) is 97.3 Å². The Morgan fingerprint density at radius 3 is 2.05 bits per heavy atom. The number of halogens is 3. The molecule has 2 atom stereocenters. The zero-order valence-electron chi connectivity index (χ0n) is 48.9. The van der Waals surface area contributed by atoms with Crippen LogP contribution in [0.25, 0.3) is 0 Å². The molecule has 0 radical (unpaired) electrons. The number of sulfone groups is 1.